The van der Waals surface area contributed by atoms with Crippen molar-refractivity contribution >= 4 is 19.9 Å². The van der Waals surface area contributed by atoms with Crippen molar-refractivity contribution < 1.29 is 30.4 Å². The lowest BCUT2D eigenvalue weighted by Crippen LogP contribution is -2.18. The summed E-state index contributed by atoms with van der Waals surface area (Å²) in [4.78, 5) is -0.733. The van der Waals surface area contributed by atoms with Crippen LogP contribution in [0.4, 0.5) is 8.78 Å². The molecule has 0 fully saturated rings. The minimum absolute atomic E-state index is 0.0499. The normalized spacial score (nSPS) is 12.4. The first kappa shape index (κ1) is 17.8. The molecular formula is C11H15F2NO5S2. The Kier molecular flexibility index (Phi) is 5.65. The van der Waals surface area contributed by atoms with E-state index in [1.807, 2.05) is 0 Å². The van der Waals surface area contributed by atoms with Crippen LogP contribution in [0.5, 0.6) is 5.75 Å². The summed E-state index contributed by atoms with van der Waals surface area (Å²) >= 11 is 0. The molecule has 0 aromatic heterocycles. The maximum atomic E-state index is 13.6. The van der Waals surface area contributed by atoms with Crippen molar-refractivity contribution in [2.75, 3.05) is 18.1 Å². The van der Waals surface area contributed by atoms with E-state index in [4.69, 9.17) is 9.88 Å². The molecule has 2 N–H and O–H groups in total. The number of benzene rings is 1. The maximum absolute atomic E-state index is 13.6. The topological polar surface area (TPSA) is 104 Å². The smallest absolute Gasteiger partial charge is 0.238 e. The monoisotopic (exact) mass is 343 g/mol. The Morgan fingerprint density at radius 1 is 1.10 bits per heavy atom. The van der Waals surface area contributed by atoms with Crippen LogP contribution in [-0.4, -0.2) is 34.9 Å². The van der Waals surface area contributed by atoms with Crippen LogP contribution in [0.1, 0.15) is 13.3 Å². The van der Waals surface area contributed by atoms with Crippen molar-refractivity contribution in [2.45, 2.75) is 18.2 Å². The van der Waals surface area contributed by atoms with Gasteiger partial charge in [-0.2, -0.15) is 0 Å². The van der Waals surface area contributed by atoms with Crippen LogP contribution in [-0.2, 0) is 19.9 Å². The molecule has 0 radical (unpaired) electrons. The second kappa shape index (κ2) is 6.67. The molecule has 0 aliphatic carbocycles. The maximum Gasteiger partial charge on any atom is 0.238 e. The molecule has 6 nitrogen and oxygen atoms in total. The Balaban J connectivity index is 2.87. The van der Waals surface area contributed by atoms with E-state index >= 15 is 0 Å². The Morgan fingerprint density at radius 2 is 1.62 bits per heavy atom. The summed E-state index contributed by atoms with van der Waals surface area (Å²) in [7, 11) is -7.59. The van der Waals surface area contributed by atoms with E-state index in [0.717, 1.165) is 0 Å². The fraction of sp³-hybridized carbons (Fsp3) is 0.455. The van der Waals surface area contributed by atoms with Gasteiger partial charge in [0.2, 0.25) is 10.0 Å². The molecule has 1 rings (SSSR count). The van der Waals surface area contributed by atoms with Crippen LogP contribution in [0.15, 0.2) is 17.0 Å². The summed E-state index contributed by atoms with van der Waals surface area (Å²) < 4.78 is 76.7. The zero-order valence-electron chi connectivity index (χ0n) is 11.2. The lowest BCUT2D eigenvalue weighted by atomic mass is 10.3. The van der Waals surface area contributed by atoms with Gasteiger partial charge in [-0.05, 0) is 18.6 Å². The van der Waals surface area contributed by atoms with Crippen molar-refractivity contribution in [3.8, 4) is 5.75 Å². The van der Waals surface area contributed by atoms with E-state index < -0.39 is 54.5 Å². The van der Waals surface area contributed by atoms with Gasteiger partial charge in [0, 0.05) is 0 Å². The standard InChI is InChI=1S/C11H15F2NO5S2/c1-2-4-20(15,16)5-3-19-11-9(12)6-8(7-10(11)13)21(14,17)18/h6-7H,2-5H2,1H3,(H2,14,17,18). The Morgan fingerprint density at radius 3 is 2.05 bits per heavy atom. The van der Waals surface area contributed by atoms with Gasteiger partial charge in [-0.1, -0.05) is 6.92 Å². The van der Waals surface area contributed by atoms with Gasteiger partial charge in [-0.3, -0.25) is 0 Å². The van der Waals surface area contributed by atoms with Crippen LogP contribution in [0, 0.1) is 11.6 Å². The van der Waals surface area contributed by atoms with Crippen molar-refractivity contribution in [2.24, 2.45) is 5.14 Å². The van der Waals surface area contributed by atoms with E-state index in [9.17, 15) is 25.6 Å². The number of rotatable bonds is 7. The molecule has 0 heterocycles. The summed E-state index contributed by atoms with van der Waals surface area (Å²) in [6.07, 6.45) is 0.425. The minimum atomic E-state index is -4.25. The van der Waals surface area contributed by atoms with E-state index in [2.05, 4.69) is 0 Å². The predicted octanol–water partition coefficient (Wildman–Crippen LogP) is 0.816. The summed E-state index contributed by atoms with van der Waals surface area (Å²) in [6, 6.07) is 1.02. The van der Waals surface area contributed by atoms with Gasteiger partial charge in [0.05, 0.1) is 16.4 Å². The van der Waals surface area contributed by atoms with E-state index in [0.29, 0.717) is 18.6 Å². The number of halogens is 2. The first-order valence-corrected chi connectivity index (χ1v) is 9.28. The van der Waals surface area contributed by atoms with Crippen LogP contribution in [0.25, 0.3) is 0 Å². The summed E-state index contributed by atoms with van der Waals surface area (Å²) in [5, 5.41) is 4.75. The first-order valence-electron chi connectivity index (χ1n) is 5.92. The molecule has 10 heteroatoms. The second-order valence-electron chi connectivity index (χ2n) is 4.26. The van der Waals surface area contributed by atoms with Gasteiger partial charge < -0.3 is 4.74 Å². The van der Waals surface area contributed by atoms with Gasteiger partial charge in [0.25, 0.3) is 0 Å². The summed E-state index contributed by atoms with van der Waals surface area (Å²) in [5.74, 6) is -3.82. The highest BCUT2D eigenvalue weighted by molar-refractivity contribution is 7.91. The van der Waals surface area contributed by atoms with Gasteiger partial charge in [-0.25, -0.2) is 30.8 Å². The van der Waals surface area contributed by atoms with Crippen LogP contribution < -0.4 is 9.88 Å². The SMILES string of the molecule is CCCS(=O)(=O)CCOc1c(F)cc(S(N)(=O)=O)cc1F. The molecule has 0 bridgehead atoms. The van der Waals surface area contributed by atoms with E-state index in [1.54, 1.807) is 6.92 Å². The van der Waals surface area contributed by atoms with Crippen molar-refractivity contribution in [3.63, 3.8) is 0 Å². The molecule has 0 saturated heterocycles. The number of primary sulfonamides is 1. The van der Waals surface area contributed by atoms with E-state index in [1.165, 1.54) is 0 Å². The lowest BCUT2D eigenvalue weighted by molar-refractivity contribution is 0.302. The fourth-order valence-corrected chi connectivity index (χ4v) is 3.22. The highest BCUT2D eigenvalue weighted by Gasteiger charge is 2.19. The number of sulfone groups is 1. The molecule has 0 aliphatic rings. The third kappa shape index (κ3) is 5.21. The van der Waals surface area contributed by atoms with Gasteiger partial charge in [-0.15, -0.1) is 0 Å². The van der Waals surface area contributed by atoms with Crippen LogP contribution in [0.2, 0.25) is 0 Å². The second-order valence-corrected chi connectivity index (χ2v) is 8.13. The van der Waals surface area contributed by atoms with Crippen molar-refractivity contribution in [1.82, 2.24) is 0 Å². The van der Waals surface area contributed by atoms with Crippen LogP contribution in [0.3, 0.4) is 0 Å². The lowest BCUT2D eigenvalue weighted by Gasteiger charge is -2.09. The third-order valence-electron chi connectivity index (χ3n) is 2.46. The minimum Gasteiger partial charge on any atom is -0.487 e. The number of sulfonamides is 1. The fourth-order valence-electron chi connectivity index (χ4n) is 1.52. The third-order valence-corrected chi connectivity index (χ3v) is 5.17. The molecule has 0 spiro atoms. The molecule has 1 aromatic rings. The average molecular weight is 343 g/mol. The molecule has 0 unspecified atom stereocenters. The van der Waals surface area contributed by atoms with Gasteiger partial charge in [0.1, 0.15) is 6.61 Å². The molecule has 0 saturated carbocycles. The number of hydrogen-bond acceptors (Lipinski definition) is 5. The molecule has 0 amide bonds. The molecule has 0 atom stereocenters. The predicted molar refractivity (Wildman–Crippen MR) is 72.2 cm³/mol. The van der Waals surface area contributed by atoms with E-state index in [-0.39, 0.29) is 5.75 Å². The van der Waals surface area contributed by atoms with Gasteiger partial charge >= 0.3 is 0 Å². The molecule has 0 aliphatic heterocycles. The average Bonchev–Trinajstić information content (AvgIpc) is 2.31. The quantitative estimate of drug-likeness (QED) is 0.789. The first-order chi connectivity index (χ1) is 9.57. The Labute approximate surface area is 121 Å². The summed E-state index contributed by atoms with van der Waals surface area (Å²) in [6.45, 7) is 1.24. The molecular weight excluding hydrogens is 328 g/mol. The Hall–Kier alpha value is -1.26. The molecule has 120 valence electrons. The number of hydrogen-bond donors (Lipinski definition) is 1. The number of nitrogens with two attached hydrogens (primary N) is 1. The summed E-state index contributed by atoms with van der Waals surface area (Å²) in [5.41, 5.74) is 0. The van der Waals surface area contributed by atoms with Crippen molar-refractivity contribution in [1.29, 1.82) is 0 Å². The van der Waals surface area contributed by atoms with Crippen molar-refractivity contribution in [3.05, 3.63) is 23.8 Å². The molecule has 21 heavy (non-hydrogen) atoms. The highest BCUT2D eigenvalue weighted by atomic mass is 32.2. The molecule has 1 aromatic carbocycles. The Bertz CT molecular complexity index is 693. The largest absolute Gasteiger partial charge is 0.487 e. The number of ether oxygens (including phenoxy) is 1. The highest BCUT2D eigenvalue weighted by Crippen LogP contribution is 2.25. The zero-order valence-corrected chi connectivity index (χ0v) is 12.8. The van der Waals surface area contributed by atoms with Gasteiger partial charge in [0.15, 0.2) is 27.2 Å². The van der Waals surface area contributed by atoms with Crippen LogP contribution >= 0.6 is 0 Å². The zero-order chi connectivity index (χ0) is 16.3.